The Morgan fingerprint density at radius 1 is 1.45 bits per heavy atom. The fraction of sp³-hybridized carbons (Fsp3) is 0.571. The van der Waals surface area contributed by atoms with Crippen molar-refractivity contribution in [2.45, 2.75) is 45.0 Å². The summed E-state index contributed by atoms with van der Waals surface area (Å²) in [7, 11) is 0. The zero-order valence-electron chi connectivity index (χ0n) is 12.8. The minimum absolute atomic E-state index is 0.0258. The van der Waals surface area contributed by atoms with Gasteiger partial charge in [-0.1, -0.05) is 0 Å². The van der Waals surface area contributed by atoms with Gasteiger partial charge >= 0.3 is 6.09 Å². The number of pyridine rings is 1. The van der Waals surface area contributed by atoms with E-state index < -0.39 is 29.8 Å². The summed E-state index contributed by atoms with van der Waals surface area (Å²) in [6.45, 7) is 5.25. The van der Waals surface area contributed by atoms with Gasteiger partial charge < -0.3 is 26.0 Å². The van der Waals surface area contributed by atoms with Gasteiger partial charge in [0.05, 0.1) is 17.5 Å². The third-order valence-electron chi connectivity index (χ3n) is 2.68. The number of aromatic nitrogens is 1. The van der Waals surface area contributed by atoms with Gasteiger partial charge in [-0.2, -0.15) is 4.39 Å². The van der Waals surface area contributed by atoms with Gasteiger partial charge in [0.25, 0.3) is 0 Å². The Kier molecular flexibility index (Phi) is 6.07. The molecule has 2 unspecified atom stereocenters. The number of amides is 1. The Bertz CT molecular complexity index is 519. The first kappa shape index (κ1) is 18.1. The third kappa shape index (κ3) is 5.82. The highest BCUT2D eigenvalue weighted by Crippen LogP contribution is 2.22. The average molecular weight is 315 g/mol. The van der Waals surface area contributed by atoms with Crippen LogP contribution in [0, 0.1) is 5.95 Å². The van der Waals surface area contributed by atoms with Crippen LogP contribution in [0.4, 0.5) is 14.9 Å². The van der Waals surface area contributed by atoms with Crippen molar-refractivity contribution in [2.24, 2.45) is 0 Å². The molecule has 0 bridgehead atoms. The summed E-state index contributed by atoms with van der Waals surface area (Å²) < 4.78 is 18.1. The second kappa shape index (κ2) is 7.37. The van der Waals surface area contributed by atoms with Crippen LogP contribution in [-0.2, 0) is 4.74 Å². The van der Waals surface area contributed by atoms with E-state index in [0.29, 0.717) is 0 Å². The molecule has 0 saturated carbocycles. The van der Waals surface area contributed by atoms with Crippen molar-refractivity contribution in [2.75, 3.05) is 12.3 Å². The number of aliphatic hydroxyl groups is 2. The van der Waals surface area contributed by atoms with E-state index in [1.807, 2.05) is 0 Å². The Morgan fingerprint density at radius 3 is 2.68 bits per heavy atom. The normalized spacial score (nSPS) is 14.3. The molecule has 0 aliphatic rings. The van der Waals surface area contributed by atoms with Gasteiger partial charge in [-0.25, -0.2) is 9.78 Å². The van der Waals surface area contributed by atoms with E-state index in [2.05, 4.69) is 10.3 Å². The first-order valence-corrected chi connectivity index (χ1v) is 6.85. The maximum absolute atomic E-state index is 13.1. The van der Waals surface area contributed by atoms with Crippen LogP contribution in [0.1, 0.15) is 39.0 Å². The lowest BCUT2D eigenvalue weighted by Crippen LogP contribution is -2.34. The number of nitrogen functional groups attached to an aromatic ring is 1. The molecule has 1 rings (SSSR count). The van der Waals surface area contributed by atoms with Gasteiger partial charge in [-0.3, -0.25) is 0 Å². The van der Waals surface area contributed by atoms with Gasteiger partial charge in [0.2, 0.25) is 5.95 Å². The lowest BCUT2D eigenvalue weighted by atomic mass is 10.1. The number of alkyl carbamates (subject to hydrolysis) is 1. The molecule has 8 heteroatoms. The standard InChI is InChI=1S/C14H22FN3O4/c1-14(2,3)22-13(21)17-7-6-9(19)12(20)11-8(16)4-5-10(15)18-11/h4-5,9,12,19-20H,6-7,16H2,1-3H3,(H,17,21). The number of nitrogens with one attached hydrogen (secondary N) is 1. The Hall–Kier alpha value is -1.93. The van der Waals surface area contributed by atoms with E-state index >= 15 is 0 Å². The molecule has 0 aliphatic carbocycles. The van der Waals surface area contributed by atoms with Crippen molar-refractivity contribution in [3.63, 3.8) is 0 Å². The number of carbonyl (C=O) groups excluding carboxylic acids is 1. The molecular formula is C14H22FN3O4. The summed E-state index contributed by atoms with van der Waals surface area (Å²) in [6.07, 6.45) is -3.31. The van der Waals surface area contributed by atoms with Crippen molar-refractivity contribution in [3.8, 4) is 0 Å². The van der Waals surface area contributed by atoms with Crippen molar-refractivity contribution in [1.29, 1.82) is 0 Å². The summed E-state index contributed by atoms with van der Waals surface area (Å²) in [4.78, 5) is 14.9. The van der Waals surface area contributed by atoms with Gasteiger partial charge in [0, 0.05) is 6.54 Å². The first-order chi connectivity index (χ1) is 10.1. The molecule has 0 aliphatic heterocycles. The largest absolute Gasteiger partial charge is 0.444 e. The molecule has 0 saturated heterocycles. The molecule has 2 atom stereocenters. The maximum Gasteiger partial charge on any atom is 0.407 e. The van der Waals surface area contributed by atoms with Crippen molar-refractivity contribution < 1.29 is 24.1 Å². The van der Waals surface area contributed by atoms with Crippen LogP contribution in [0.25, 0.3) is 0 Å². The van der Waals surface area contributed by atoms with Crippen LogP contribution in [0.5, 0.6) is 0 Å². The predicted octanol–water partition coefficient (Wildman–Crippen LogP) is 1.11. The summed E-state index contributed by atoms with van der Waals surface area (Å²) in [5.41, 5.74) is 4.90. The molecule has 1 amide bonds. The van der Waals surface area contributed by atoms with Crippen molar-refractivity contribution in [1.82, 2.24) is 10.3 Å². The summed E-state index contributed by atoms with van der Waals surface area (Å²) in [5.74, 6) is -0.803. The van der Waals surface area contributed by atoms with Crippen LogP contribution in [0.2, 0.25) is 0 Å². The SMILES string of the molecule is CC(C)(C)OC(=O)NCCC(O)C(O)c1nc(F)ccc1N. The van der Waals surface area contributed by atoms with Gasteiger partial charge in [-0.15, -0.1) is 0 Å². The van der Waals surface area contributed by atoms with E-state index in [1.54, 1.807) is 20.8 Å². The molecule has 0 spiro atoms. The fourth-order valence-electron chi connectivity index (χ4n) is 1.67. The number of hydrogen-bond donors (Lipinski definition) is 4. The monoisotopic (exact) mass is 315 g/mol. The van der Waals surface area contributed by atoms with Crippen LogP contribution in [0.3, 0.4) is 0 Å². The predicted molar refractivity (Wildman–Crippen MR) is 78.4 cm³/mol. The van der Waals surface area contributed by atoms with E-state index in [9.17, 15) is 19.4 Å². The van der Waals surface area contributed by atoms with Gasteiger partial charge in [0.15, 0.2) is 0 Å². The van der Waals surface area contributed by atoms with Crippen LogP contribution < -0.4 is 11.1 Å². The molecule has 124 valence electrons. The summed E-state index contributed by atoms with van der Waals surface area (Å²) in [6, 6.07) is 2.31. The van der Waals surface area contributed by atoms with Crippen molar-refractivity contribution in [3.05, 3.63) is 23.8 Å². The molecular weight excluding hydrogens is 293 g/mol. The molecule has 1 aromatic heterocycles. The topological polar surface area (TPSA) is 118 Å². The molecule has 1 heterocycles. The number of ether oxygens (including phenoxy) is 1. The molecule has 7 nitrogen and oxygen atoms in total. The summed E-state index contributed by atoms with van der Waals surface area (Å²) >= 11 is 0. The van der Waals surface area contributed by atoms with Crippen LogP contribution in [0.15, 0.2) is 12.1 Å². The molecule has 0 fully saturated rings. The summed E-state index contributed by atoms with van der Waals surface area (Å²) in [5, 5.41) is 22.3. The van der Waals surface area contributed by atoms with Gasteiger partial charge in [0.1, 0.15) is 11.7 Å². The van der Waals surface area contributed by atoms with E-state index in [0.717, 1.165) is 6.07 Å². The van der Waals surface area contributed by atoms with E-state index in [4.69, 9.17) is 10.5 Å². The lowest BCUT2D eigenvalue weighted by Gasteiger charge is -2.21. The fourth-order valence-corrected chi connectivity index (χ4v) is 1.67. The van der Waals surface area contributed by atoms with E-state index in [-0.39, 0.29) is 24.3 Å². The smallest absolute Gasteiger partial charge is 0.407 e. The highest BCUT2D eigenvalue weighted by molar-refractivity contribution is 5.67. The number of nitrogens with zero attached hydrogens (tertiary/aromatic N) is 1. The molecule has 1 aromatic rings. The van der Waals surface area contributed by atoms with Crippen molar-refractivity contribution >= 4 is 11.8 Å². The van der Waals surface area contributed by atoms with E-state index in [1.165, 1.54) is 6.07 Å². The number of anilines is 1. The Morgan fingerprint density at radius 2 is 2.09 bits per heavy atom. The zero-order chi connectivity index (χ0) is 16.9. The minimum Gasteiger partial charge on any atom is -0.444 e. The maximum atomic E-state index is 13.1. The minimum atomic E-state index is -1.45. The second-order valence-corrected chi connectivity index (χ2v) is 5.84. The first-order valence-electron chi connectivity index (χ1n) is 6.85. The number of nitrogens with two attached hydrogens (primary N) is 1. The lowest BCUT2D eigenvalue weighted by molar-refractivity contribution is 0.01000. The molecule has 0 radical (unpaired) electrons. The number of halogens is 1. The third-order valence-corrected chi connectivity index (χ3v) is 2.68. The van der Waals surface area contributed by atoms with Crippen LogP contribution >= 0.6 is 0 Å². The Balaban J connectivity index is 2.50. The number of carbonyl (C=O) groups is 1. The average Bonchev–Trinajstić information content (AvgIpc) is 2.38. The highest BCUT2D eigenvalue weighted by Gasteiger charge is 2.23. The highest BCUT2D eigenvalue weighted by atomic mass is 19.1. The zero-order valence-corrected chi connectivity index (χ0v) is 12.8. The second-order valence-electron chi connectivity index (χ2n) is 5.84. The Labute approximate surface area is 128 Å². The van der Waals surface area contributed by atoms with Crippen LogP contribution in [-0.4, -0.2) is 39.5 Å². The van der Waals surface area contributed by atoms with Gasteiger partial charge in [-0.05, 0) is 39.3 Å². The molecule has 22 heavy (non-hydrogen) atoms. The number of aliphatic hydroxyl groups excluding tert-OH is 2. The number of rotatable bonds is 5. The quantitative estimate of drug-likeness (QED) is 0.605. The number of hydrogen-bond acceptors (Lipinski definition) is 6. The molecule has 5 N–H and O–H groups in total. The molecule has 0 aromatic carbocycles.